The lowest BCUT2D eigenvalue weighted by atomic mass is 10.2. The van der Waals surface area contributed by atoms with E-state index in [9.17, 15) is 14.9 Å². The number of halogens is 1. The minimum Gasteiger partial charge on any atom is -0.445 e. The molecule has 9 heteroatoms. The number of rotatable bonds is 7. The van der Waals surface area contributed by atoms with E-state index < -0.39 is 11.0 Å². The molecule has 1 N–H and O–H groups in total. The lowest BCUT2D eigenvalue weighted by Crippen LogP contribution is -2.26. The van der Waals surface area contributed by atoms with Crippen LogP contribution in [-0.4, -0.2) is 27.3 Å². The maximum Gasteiger partial charge on any atom is 0.408 e. The van der Waals surface area contributed by atoms with Crippen molar-refractivity contribution in [2.45, 2.75) is 19.6 Å². The van der Waals surface area contributed by atoms with E-state index in [1.54, 1.807) is 0 Å². The van der Waals surface area contributed by atoms with Crippen molar-refractivity contribution in [1.29, 1.82) is 0 Å². The molecule has 23 heavy (non-hydrogen) atoms. The second-order valence-electron chi connectivity index (χ2n) is 4.66. The van der Waals surface area contributed by atoms with Crippen molar-refractivity contribution in [1.82, 2.24) is 15.1 Å². The number of ether oxygens (including phenoxy) is 1. The Hall–Kier alpha value is -2.61. The second kappa shape index (κ2) is 8.14. The summed E-state index contributed by atoms with van der Waals surface area (Å²) in [5, 5.41) is 16.9. The zero-order valence-corrected chi connectivity index (χ0v) is 12.9. The van der Waals surface area contributed by atoms with E-state index in [-0.39, 0.29) is 17.4 Å². The van der Waals surface area contributed by atoms with E-state index in [1.165, 1.54) is 10.9 Å². The van der Waals surface area contributed by atoms with Crippen molar-refractivity contribution >= 4 is 23.5 Å². The zero-order valence-electron chi connectivity index (χ0n) is 12.1. The van der Waals surface area contributed by atoms with Crippen LogP contribution in [-0.2, 0) is 17.9 Å². The fourth-order valence-corrected chi connectivity index (χ4v) is 2.05. The maximum atomic E-state index is 11.5. The van der Waals surface area contributed by atoms with Gasteiger partial charge in [-0.25, -0.2) is 4.79 Å². The first kappa shape index (κ1) is 16.8. The smallest absolute Gasteiger partial charge is 0.408 e. The summed E-state index contributed by atoms with van der Waals surface area (Å²) in [6, 6.07) is 9.34. The summed E-state index contributed by atoms with van der Waals surface area (Å²) in [4.78, 5) is 21.5. The highest BCUT2D eigenvalue weighted by Gasteiger charge is 2.18. The number of amides is 1. The number of aromatic nitrogens is 2. The number of hydrogen-bond donors (Lipinski definition) is 1. The molecule has 0 saturated carbocycles. The highest BCUT2D eigenvalue weighted by molar-refractivity contribution is 6.32. The third-order valence-corrected chi connectivity index (χ3v) is 3.18. The first-order valence-electron chi connectivity index (χ1n) is 6.88. The number of benzene rings is 1. The quantitative estimate of drug-likeness (QED) is 0.475. The van der Waals surface area contributed by atoms with Crippen molar-refractivity contribution in [2.75, 3.05) is 6.54 Å². The van der Waals surface area contributed by atoms with Gasteiger partial charge in [-0.1, -0.05) is 41.9 Å². The van der Waals surface area contributed by atoms with E-state index in [4.69, 9.17) is 16.3 Å². The minimum absolute atomic E-state index is 0.00905. The standard InChI is InChI=1S/C14H15ClN4O4/c15-12-9-18(17-13(12)19(21)22)8-4-7-16-14(20)23-10-11-5-2-1-3-6-11/h1-3,5-6,9H,4,7-8,10H2,(H,16,20). The lowest BCUT2D eigenvalue weighted by Gasteiger charge is -2.06. The molecule has 0 bridgehead atoms. The average molecular weight is 339 g/mol. The van der Waals surface area contributed by atoms with Crippen LogP contribution in [0.5, 0.6) is 0 Å². The van der Waals surface area contributed by atoms with Gasteiger partial charge in [0.1, 0.15) is 6.61 Å². The fourth-order valence-electron chi connectivity index (χ4n) is 1.83. The third kappa shape index (κ3) is 5.26. The molecule has 0 unspecified atom stereocenters. The summed E-state index contributed by atoms with van der Waals surface area (Å²) in [5.74, 6) is -0.373. The Kier molecular flexibility index (Phi) is 5.93. The summed E-state index contributed by atoms with van der Waals surface area (Å²) < 4.78 is 6.42. The van der Waals surface area contributed by atoms with Crippen LogP contribution >= 0.6 is 11.6 Å². The van der Waals surface area contributed by atoms with Crippen LogP contribution in [0.25, 0.3) is 0 Å². The summed E-state index contributed by atoms with van der Waals surface area (Å²) in [5.41, 5.74) is 0.904. The number of nitro groups is 1. The summed E-state index contributed by atoms with van der Waals surface area (Å²) in [6.07, 6.45) is 1.40. The van der Waals surface area contributed by atoms with Crippen LogP contribution in [0, 0.1) is 10.1 Å². The number of carbonyl (C=O) groups excluding carboxylic acids is 1. The van der Waals surface area contributed by atoms with E-state index in [2.05, 4.69) is 10.4 Å². The van der Waals surface area contributed by atoms with Gasteiger partial charge < -0.3 is 20.2 Å². The van der Waals surface area contributed by atoms with Crippen molar-refractivity contribution in [3.63, 3.8) is 0 Å². The van der Waals surface area contributed by atoms with Gasteiger partial charge in [0.25, 0.3) is 0 Å². The van der Waals surface area contributed by atoms with Crippen LogP contribution in [0.15, 0.2) is 36.5 Å². The topological polar surface area (TPSA) is 99.3 Å². The molecule has 0 atom stereocenters. The molecule has 0 spiro atoms. The normalized spacial score (nSPS) is 10.3. The molecular weight excluding hydrogens is 324 g/mol. The van der Waals surface area contributed by atoms with Gasteiger partial charge in [-0.05, 0) is 16.9 Å². The molecule has 8 nitrogen and oxygen atoms in total. The number of nitrogens with zero attached hydrogens (tertiary/aromatic N) is 3. The Morgan fingerprint density at radius 1 is 1.39 bits per heavy atom. The largest absolute Gasteiger partial charge is 0.445 e. The molecule has 0 radical (unpaired) electrons. The van der Waals surface area contributed by atoms with Gasteiger partial charge in [-0.3, -0.25) is 0 Å². The monoisotopic (exact) mass is 338 g/mol. The Labute approximate surface area is 137 Å². The Morgan fingerprint density at radius 2 is 2.13 bits per heavy atom. The van der Waals surface area contributed by atoms with Crippen molar-refractivity contribution in [2.24, 2.45) is 0 Å². The van der Waals surface area contributed by atoms with Gasteiger partial charge in [-0.2, -0.15) is 4.68 Å². The first-order valence-corrected chi connectivity index (χ1v) is 7.26. The Morgan fingerprint density at radius 3 is 2.78 bits per heavy atom. The second-order valence-corrected chi connectivity index (χ2v) is 5.07. The molecule has 1 heterocycles. The fraction of sp³-hybridized carbons (Fsp3) is 0.286. The first-order chi connectivity index (χ1) is 11.1. The summed E-state index contributed by atoms with van der Waals surface area (Å²) in [6.45, 7) is 0.957. The maximum absolute atomic E-state index is 11.5. The number of carbonyl (C=O) groups is 1. The molecule has 0 saturated heterocycles. The van der Waals surface area contributed by atoms with Gasteiger partial charge >= 0.3 is 11.9 Å². The third-order valence-electron chi connectivity index (χ3n) is 2.92. The molecule has 122 valence electrons. The van der Waals surface area contributed by atoms with Crippen molar-refractivity contribution < 1.29 is 14.5 Å². The SMILES string of the molecule is O=C(NCCCn1cc(Cl)c([N+](=O)[O-])n1)OCc1ccccc1. The average Bonchev–Trinajstić information content (AvgIpc) is 2.92. The molecule has 0 fully saturated rings. The molecular formula is C14H15ClN4O4. The van der Waals surface area contributed by atoms with Crippen LogP contribution in [0.2, 0.25) is 5.02 Å². The van der Waals surface area contributed by atoms with E-state index in [1.807, 2.05) is 30.3 Å². The number of nitrogens with one attached hydrogen (secondary N) is 1. The van der Waals surface area contributed by atoms with Gasteiger partial charge in [0.2, 0.25) is 0 Å². The minimum atomic E-state index is -0.641. The van der Waals surface area contributed by atoms with Crippen LogP contribution in [0.1, 0.15) is 12.0 Å². The van der Waals surface area contributed by atoms with Gasteiger partial charge in [0.05, 0.1) is 17.8 Å². The Bertz CT molecular complexity index is 675. The lowest BCUT2D eigenvalue weighted by molar-refractivity contribution is -0.389. The predicted molar refractivity (Wildman–Crippen MR) is 83.1 cm³/mol. The van der Waals surface area contributed by atoms with Crippen LogP contribution in [0.3, 0.4) is 0 Å². The molecule has 0 aliphatic heterocycles. The highest BCUT2D eigenvalue weighted by Crippen LogP contribution is 2.21. The highest BCUT2D eigenvalue weighted by atomic mass is 35.5. The molecule has 0 aliphatic rings. The van der Waals surface area contributed by atoms with E-state index in [0.717, 1.165) is 5.56 Å². The number of alkyl carbamates (subject to hydrolysis) is 1. The van der Waals surface area contributed by atoms with Crippen molar-refractivity contribution in [3.8, 4) is 0 Å². The molecule has 1 amide bonds. The molecule has 1 aromatic heterocycles. The summed E-state index contributed by atoms with van der Waals surface area (Å²) >= 11 is 5.69. The molecule has 0 aliphatic carbocycles. The van der Waals surface area contributed by atoms with Crippen molar-refractivity contribution in [3.05, 3.63) is 57.2 Å². The Balaban J connectivity index is 1.66. The molecule has 1 aromatic carbocycles. The van der Waals surface area contributed by atoms with Gasteiger partial charge in [0, 0.05) is 6.54 Å². The zero-order chi connectivity index (χ0) is 16.7. The number of hydrogen-bond acceptors (Lipinski definition) is 5. The van der Waals surface area contributed by atoms with Crippen LogP contribution < -0.4 is 5.32 Å². The predicted octanol–water partition coefficient (Wildman–Crippen LogP) is 2.76. The van der Waals surface area contributed by atoms with Crippen LogP contribution in [0.4, 0.5) is 10.6 Å². The van der Waals surface area contributed by atoms with Gasteiger partial charge in [-0.15, -0.1) is 0 Å². The number of aryl methyl sites for hydroxylation is 1. The van der Waals surface area contributed by atoms with Gasteiger partial charge in [0.15, 0.2) is 5.02 Å². The molecule has 2 rings (SSSR count). The molecule has 2 aromatic rings. The van der Waals surface area contributed by atoms with E-state index in [0.29, 0.717) is 19.5 Å². The van der Waals surface area contributed by atoms with E-state index >= 15 is 0 Å². The summed E-state index contributed by atoms with van der Waals surface area (Å²) in [7, 11) is 0.